The largest absolute Gasteiger partial charge is 0.496 e. The molecule has 0 aliphatic carbocycles. The van der Waals surface area contributed by atoms with Crippen LogP contribution < -0.4 is 19.5 Å². The third kappa shape index (κ3) is 4.65. The summed E-state index contributed by atoms with van der Waals surface area (Å²) >= 11 is 0. The van der Waals surface area contributed by atoms with E-state index in [2.05, 4.69) is 19.2 Å². The molecule has 0 aliphatic heterocycles. The SMILES string of the molecule is COc1cc(OC)cc(OCC(=O)Nc2ccccc2C(C)C)c1. The van der Waals surface area contributed by atoms with Crippen LogP contribution in [0.25, 0.3) is 0 Å². The molecule has 24 heavy (non-hydrogen) atoms. The second-order valence-electron chi connectivity index (χ2n) is 5.63. The van der Waals surface area contributed by atoms with Crippen LogP contribution in [0.15, 0.2) is 42.5 Å². The number of para-hydroxylation sites is 1. The van der Waals surface area contributed by atoms with Crippen LogP contribution in [0.4, 0.5) is 5.69 Å². The van der Waals surface area contributed by atoms with E-state index in [1.165, 1.54) is 0 Å². The fraction of sp³-hybridized carbons (Fsp3) is 0.316. The molecule has 128 valence electrons. The number of carbonyl (C=O) groups excluding carboxylic acids is 1. The lowest BCUT2D eigenvalue weighted by molar-refractivity contribution is -0.118. The Morgan fingerprint density at radius 1 is 1.00 bits per heavy atom. The number of hydrogen-bond donors (Lipinski definition) is 1. The molecule has 0 saturated carbocycles. The molecule has 0 spiro atoms. The number of methoxy groups -OCH3 is 2. The van der Waals surface area contributed by atoms with E-state index in [0.717, 1.165) is 11.3 Å². The minimum absolute atomic E-state index is 0.0945. The van der Waals surface area contributed by atoms with Crippen LogP contribution >= 0.6 is 0 Å². The lowest BCUT2D eigenvalue weighted by Crippen LogP contribution is -2.21. The van der Waals surface area contributed by atoms with Crippen LogP contribution in [0.3, 0.4) is 0 Å². The highest BCUT2D eigenvalue weighted by Crippen LogP contribution is 2.27. The van der Waals surface area contributed by atoms with E-state index in [4.69, 9.17) is 14.2 Å². The summed E-state index contributed by atoms with van der Waals surface area (Å²) < 4.78 is 15.9. The topological polar surface area (TPSA) is 56.8 Å². The van der Waals surface area contributed by atoms with E-state index in [9.17, 15) is 4.79 Å². The Bertz CT molecular complexity index is 675. The normalized spacial score (nSPS) is 10.4. The maximum atomic E-state index is 12.2. The molecular formula is C19H23NO4. The minimum atomic E-state index is -0.218. The highest BCUT2D eigenvalue weighted by molar-refractivity contribution is 5.92. The Hall–Kier alpha value is -2.69. The summed E-state index contributed by atoms with van der Waals surface area (Å²) in [6.07, 6.45) is 0. The summed E-state index contributed by atoms with van der Waals surface area (Å²) in [6, 6.07) is 12.9. The van der Waals surface area contributed by atoms with Crippen LogP contribution in [0, 0.1) is 0 Å². The van der Waals surface area contributed by atoms with Crippen molar-refractivity contribution in [1.82, 2.24) is 0 Å². The van der Waals surface area contributed by atoms with Crippen LogP contribution in [0.1, 0.15) is 25.3 Å². The van der Waals surface area contributed by atoms with Gasteiger partial charge in [-0.3, -0.25) is 4.79 Å². The Morgan fingerprint density at radius 2 is 1.58 bits per heavy atom. The van der Waals surface area contributed by atoms with E-state index in [1.807, 2.05) is 24.3 Å². The summed E-state index contributed by atoms with van der Waals surface area (Å²) in [5, 5.41) is 2.89. The number of nitrogens with one attached hydrogen (secondary N) is 1. The predicted molar refractivity (Wildman–Crippen MR) is 94.2 cm³/mol. The second-order valence-corrected chi connectivity index (χ2v) is 5.63. The van der Waals surface area contributed by atoms with Gasteiger partial charge in [-0.2, -0.15) is 0 Å². The van der Waals surface area contributed by atoms with Gasteiger partial charge in [-0.25, -0.2) is 0 Å². The molecule has 0 saturated heterocycles. The number of ether oxygens (including phenoxy) is 3. The van der Waals surface area contributed by atoms with Gasteiger partial charge in [-0.15, -0.1) is 0 Å². The van der Waals surface area contributed by atoms with E-state index in [0.29, 0.717) is 23.2 Å². The summed E-state index contributed by atoms with van der Waals surface area (Å²) in [4.78, 5) is 12.2. The first-order valence-corrected chi connectivity index (χ1v) is 7.78. The Morgan fingerprint density at radius 3 is 2.17 bits per heavy atom. The highest BCUT2D eigenvalue weighted by Gasteiger charge is 2.10. The van der Waals surface area contributed by atoms with Gasteiger partial charge in [0.2, 0.25) is 0 Å². The van der Waals surface area contributed by atoms with Gasteiger partial charge < -0.3 is 19.5 Å². The Labute approximate surface area is 142 Å². The zero-order valence-corrected chi connectivity index (χ0v) is 14.5. The van der Waals surface area contributed by atoms with E-state index >= 15 is 0 Å². The first-order chi connectivity index (χ1) is 11.5. The van der Waals surface area contributed by atoms with E-state index in [-0.39, 0.29) is 12.5 Å². The molecule has 0 heterocycles. The average molecular weight is 329 g/mol. The maximum absolute atomic E-state index is 12.2. The van der Waals surface area contributed by atoms with Crippen LogP contribution in [-0.4, -0.2) is 26.7 Å². The van der Waals surface area contributed by atoms with Crippen molar-refractivity contribution in [3.05, 3.63) is 48.0 Å². The molecule has 2 aromatic rings. The average Bonchev–Trinajstić information content (AvgIpc) is 2.59. The molecule has 1 amide bonds. The van der Waals surface area contributed by atoms with Gasteiger partial charge in [-0.05, 0) is 17.5 Å². The van der Waals surface area contributed by atoms with E-state index in [1.54, 1.807) is 32.4 Å². The number of amides is 1. The monoisotopic (exact) mass is 329 g/mol. The molecule has 5 heteroatoms. The fourth-order valence-electron chi connectivity index (χ4n) is 2.31. The molecule has 1 N–H and O–H groups in total. The molecule has 0 unspecified atom stereocenters. The summed E-state index contributed by atoms with van der Waals surface area (Å²) in [6.45, 7) is 4.08. The lowest BCUT2D eigenvalue weighted by Gasteiger charge is -2.14. The van der Waals surface area contributed by atoms with E-state index < -0.39 is 0 Å². The van der Waals surface area contributed by atoms with Gasteiger partial charge >= 0.3 is 0 Å². The van der Waals surface area contributed by atoms with Gasteiger partial charge in [-0.1, -0.05) is 32.0 Å². The fourth-order valence-corrected chi connectivity index (χ4v) is 2.31. The maximum Gasteiger partial charge on any atom is 0.262 e. The third-order valence-corrected chi connectivity index (χ3v) is 3.55. The van der Waals surface area contributed by atoms with Crippen molar-refractivity contribution >= 4 is 11.6 Å². The predicted octanol–water partition coefficient (Wildman–Crippen LogP) is 3.84. The molecule has 0 aliphatic rings. The van der Waals surface area contributed by atoms with Crippen molar-refractivity contribution in [3.63, 3.8) is 0 Å². The van der Waals surface area contributed by atoms with Crippen molar-refractivity contribution in [2.24, 2.45) is 0 Å². The van der Waals surface area contributed by atoms with Crippen LogP contribution in [0.5, 0.6) is 17.2 Å². The molecule has 0 aromatic heterocycles. The van der Waals surface area contributed by atoms with Gasteiger partial charge in [0, 0.05) is 23.9 Å². The van der Waals surface area contributed by atoms with Crippen molar-refractivity contribution in [2.45, 2.75) is 19.8 Å². The number of benzene rings is 2. The van der Waals surface area contributed by atoms with Crippen molar-refractivity contribution in [1.29, 1.82) is 0 Å². The lowest BCUT2D eigenvalue weighted by atomic mass is 10.0. The quantitative estimate of drug-likeness (QED) is 0.838. The van der Waals surface area contributed by atoms with Crippen molar-refractivity contribution < 1.29 is 19.0 Å². The second kappa shape index (κ2) is 8.24. The summed E-state index contributed by atoms with van der Waals surface area (Å²) in [7, 11) is 3.13. The Kier molecular flexibility index (Phi) is 6.07. The van der Waals surface area contributed by atoms with Gasteiger partial charge in [0.05, 0.1) is 14.2 Å². The molecule has 0 radical (unpaired) electrons. The smallest absolute Gasteiger partial charge is 0.262 e. The zero-order chi connectivity index (χ0) is 17.5. The van der Waals surface area contributed by atoms with Crippen molar-refractivity contribution in [2.75, 3.05) is 26.1 Å². The molecule has 0 atom stereocenters. The number of hydrogen-bond acceptors (Lipinski definition) is 4. The molecule has 5 nitrogen and oxygen atoms in total. The molecular weight excluding hydrogens is 306 g/mol. The first-order valence-electron chi connectivity index (χ1n) is 7.78. The summed E-state index contributed by atoms with van der Waals surface area (Å²) in [5.41, 5.74) is 1.90. The molecule has 2 aromatic carbocycles. The third-order valence-electron chi connectivity index (χ3n) is 3.55. The number of carbonyl (C=O) groups is 1. The first kappa shape index (κ1) is 17.7. The van der Waals surface area contributed by atoms with Crippen LogP contribution in [0.2, 0.25) is 0 Å². The summed E-state index contributed by atoms with van der Waals surface area (Å²) in [5.74, 6) is 1.83. The molecule has 0 bridgehead atoms. The minimum Gasteiger partial charge on any atom is -0.496 e. The molecule has 0 fully saturated rings. The zero-order valence-electron chi connectivity index (χ0n) is 14.5. The Balaban J connectivity index is 2.01. The van der Waals surface area contributed by atoms with Crippen LogP contribution in [-0.2, 0) is 4.79 Å². The molecule has 2 rings (SSSR count). The van der Waals surface area contributed by atoms with Gasteiger partial charge in [0.25, 0.3) is 5.91 Å². The van der Waals surface area contributed by atoms with Gasteiger partial charge in [0.15, 0.2) is 6.61 Å². The highest BCUT2D eigenvalue weighted by atomic mass is 16.5. The standard InChI is InChI=1S/C19H23NO4/c1-13(2)17-7-5-6-8-18(17)20-19(21)12-24-16-10-14(22-3)9-15(11-16)23-4/h5-11,13H,12H2,1-4H3,(H,20,21). The van der Waals surface area contributed by atoms with Gasteiger partial charge in [0.1, 0.15) is 17.2 Å². The number of rotatable bonds is 7. The number of anilines is 1. The van der Waals surface area contributed by atoms with Crippen molar-refractivity contribution in [3.8, 4) is 17.2 Å².